The number of hydrogen-bond donors (Lipinski definition) is 1. The van der Waals surface area contributed by atoms with Crippen molar-refractivity contribution in [1.82, 2.24) is 0 Å². The van der Waals surface area contributed by atoms with E-state index in [1.54, 1.807) is 30.3 Å². The number of benzene rings is 1. The first kappa shape index (κ1) is 13.7. The first-order chi connectivity index (χ1) is 10.1. The molecule has 2 aromatic rings. The van der Waals surface area contributed by atoms with Crippen molar-refractivity contribution in [3.05, 3.63) is 51.9 Å². The van der Waals surface area contributed by atoms with Gasteiger partial charge in [0, 0.05) is 23.1 Å². The van der Waals surface area contributed by atoms with Gasteiger partial charge < -0.3 is 5.32 Å². The van der Waals surface area contributed by atoms with E-state index in [9.17, 15) is 14.4 Å². The van der Waals surface area contributed by atoms with Gasteiger partial charge in [-0.2, -0.15) is 0 Å². The maximum Gasteiger partial charge on any atom is 0.224 e. The van der Waals surface area contributed by atoms with Gasteiger partial charge in [0.05, 0.1) is 9.88 Å². The number of fused-ring (bicyclic) bond motifs is 2. The molecule has 0 bridgehead atoms. The van der Waals surface area contributed by atoms with Crippen molar-refractivity contribution in [3.63, 3.8) is 0 Å². The lowest BCUT2D eigenvalue weighted by Crippen LogP contribution is -2.18. The number of ketones is 2. The fourth-order valence-corrected chi connectivity index (χ4v) is 3.39. The minimum Gasteiger partial charge on any atom is -0.318 e. The molecule has 0 saturated carbocycles. The minimum absolute atomic E-state index is 0.103. The van der Waals surface area contributed by atoms with Gasteiger partial charge >= 0.3 is 0 Å². The van der Waals surface area contributed by atoms with E-state index in [2.05, 4.69) is 5.32 Å². The molecule has 0 spiro atoms. The molecule has 0 aliphatic heterocycles. The summed E-state index contributed by atoms with van der Waals surface area (Å²) in [5.41, 5.74) is 1.25. The molecule has 0 unspecified atom stereocenters. The van der Waals surface area contributed by atoms with E-state index in [1.807, 2.05) is 6.92 Å². The Bertz CT molecular complexity index is 708. The third kappa shape index (κ3) is 2.29. The van der Waals surface area contributed by atoms with Gasteiger partial charge in [-0.25, -0.2) is 0 Å². The van der Waals surface area contributed by atoms with Crippen LogP contribution in [0.1, 0.15) is 50.9 Å². The Hall–Kier alpha value is -2.27. The Morgan fingerprint density at radius 1 is 1.10 bits per heavy atom. The summed E-state index contributed by atoms with van der Waals surface area (Å²) in [6.07, 6.45) is 1.17. The monoisotopic (exact) mass is 299 g/mol. The predicted molar refractivity (Wildman–Crippen MR) is 81.2 cm³/mol. The summed E-state index contributed by atoms with van der Waals surface area (Å²) in [5, 5.41) is 3.29. The normalized spacial score (nSPS) is 12.8. The van der Waals surface area contributed by atoms with Crippen molar-refractivity contribution in [3.8, 4) is 0 Å². The molecule has 0 radical (unpaired) electrons. The zero-order valence-corrected chi connectivity index (χ0v) is 12.3. The van der Waals surface area contributed by atoms with Crippen LogP contribution in [0, 0.1) is 0 Å². The highest BCUT2D eigenvalue weighted by Gasteiger charge is 2.31. The number of carbonyl (C=O) groups is 3. The van der Waals surface area contributed by atoms with E-state index in [1.165, 1.54) is 0 Å². The van der Waals surface area contributed by atoms with Gasteiger partial charge in [-0.3, -0.25) is 14.4 Å². The van der Waals surface area contributed by atoms with Crippen molar-refractivity contribution in [2.75, 3.05) is 5.32 Å². The molecular weight excluding hydrogens is 286 g/mol. The number of hydrogen-bond acceptors (Lipinski definition) is 4. The Labute approximate surface area is 125 Å². The molecule has 1 aromatic carbocycles. The molecule has 0 fully saturated rings. The molecule has 1 heterocycles. The van der Waals surface area contributed by atoms with Crippen LogP contribution in [0.3, 0.4) is 0 Å². The van der Waals surface area contributed by atoms with Crippen molar-refractivity contribution >= 4 is 33.8 Å². The lowest BCUT2D eigenvalue weighted by atomic mass is 9.89. The Balaban J connectivity index is 1.99. The SMILES string of the molecule is CCCC(=O)Nc1cc2c(s1)C(=O)c1ccccc1C2=O. The molecule has 3 rings (SSSR count). The topological polar surface area (TPSA) is 63.2 Å². The van der Waals surface area contributed by atoms with E-state index in [0.29, 0.717) is 33.0 Å². The fraction of sp³-hybridized carbons (Fsp3) is 0.188. The summed E-state index contributed by atoms with van der Waals surface area (Å²) >= 11 is 1.16. The number of thiophene rings is 1. The first-order valence-corrected chi connectivity index (χ1v) is 7.55. The van der Waals surface area contributed by atoms with Crippen molar-refractivity contribution < 1.29 is 14.4 Å². The lowest BCUT2D eigenvalue weighted by Gasteiger charge is -2.12. The molecule has 1 aromatic heterocycles. The van der Waals surface area contributed by atoms with Gasteiger partial charge in [-0.1, -0.05) is 31.2 Å². The molecule has 21 heavy (non-hydrogen) atoms. The van der Waals surface area contributed by atoms with E-state index in [-0.39, 0.29) is 17.5 Å². The molecule has 1 aliphatic carbocycles. The van der Waals surface area contributed by atoms with E-state index in [0.717, 1.165) is 17.8 Å². The quantitative estimate of drug-likeness (QED) is 0.807. The third-order valence-corrected chi connectivity index (χ3v) is 4.39. The fourth-order valence-electron chi connectivity index (χ4n) is 2.36. The Morgan fingerprint density at radius 2 is 1.76 bits per heavy atom. The molecule has 5 heteroatoms. The summed E-state index contributed by atoms with van der Waals surface area (Å²) in [5.74, 6) is -0.415. The van der Waals surface area contributed by atoms with Crippen LogP contribution in [0.25, 0.3) is 0 Å². The number of anilines is 1. The van der Waals surface area contributed by atoms with Gasteiger partial charge in [-0.05, 0) is 12.5 Å². The van der Waals surface area contributed by atoms with Crippen LogP contribution < -0.4 is 5.32 Å². The summed E-state index contributed by atoms with van der Waals surface area (Å²) in [6, 6.07) is 8.40. The second-order valence-corrected chi connectivity index (χ2v) is 5.91. The van der Waals surface area contributed by atoms with E-state index < -0.39 is 0 Å². The Morgan fingerprint density at radius 3 is 2.43 bits per heavy atom. The molecule has 1 aliphatic rings. The highest BCUT2D eigenvalue weighted by molar-refractivity contribution is 7.18. The van der Waals surface area contributed by atoms with Gasteiger partial charge in [0.15, 0.2) is 5.78 Å². The van der Waals surface area contributed by atoms with Crippen LogP contribution in [-0.4, -0.2) is 17.5 Å². The van der Waals surface area contributed by atoms with Crippen molar-refractivity contribution in [1.29, 1.82) is 0 Å². The van der Waals surface area contributed by atoms with E-state index >= 15 is 0 Å². The van der Waals surface area contributed by atoms with Crippen LogP contribution in [-0.2, 0) is 4.79 Å². The average molecular weight is 299 g/mol. The van der Waals surface area contributed by atoms with E-state index in [4.69, 9.17) is 0 Å². The second kappa shape index (κ2) is 5.26. The summed E-state index contributed by atoms with van der Waals surface area (Å²) in [4.78, 5) is 36.9. The second-order valence-electron chi connectivity index (χ2n) is 4.86. The number of nitrogens with one attached hydrogen (secondary N) is 1. The average Bonchev–Trinajstić information content (AvgIpc) is 2.89. The minimum atomic E-state index is -0.160. The summed E-state index contributed by atoms with van der Waals surface area (Å²) in [7, 11) is 0. The smallest absolute Gasteiger partial charge is 0.224 e. The standard InChI is InChI=1S/C16H13NO3S/c1-2-5-12(18)17-13-8-11-14(19)9-6-3-4-7-10(9)15(20)16(11)21-13/h3-4,6-8H,2,5H2,1H3,(H,17,18). The van der Waals surface area contributed by atoms with Crippen LogP contribution >= 0.6 is 11.3 Å². The summed E-state index contributed by atoms with van der Waals surface area (Å²) in [6.45, 7) is 1.92. The molecular formula is C16H13NO3S. The Kier molecular flexibility index (Phi) is 3.43. The molecule has 106 valence electrons. The first-order valence-electron chi connectivity index (χ1n) is 6.74. The van der Waals surface area contributed by atoms with Gasteiger partial charge in [0.2, 0.25) is 11.7 Å². The van der Waals surface area contributed by atoms with Gasteiger partial charge in [0.25, 0.3) is 0 Å². The van der Waals surface area contributed by atoms with Gasteiger partial charge in [-0.15, -0.1) is 11.3 Å². The highest BCUT2D eigenvalue weighted by atomic mass is 32.1. The molecule has 0 atom stereocenters. The maximum atomic E-state index is 12.4. The highest BCUT2D eigenvalue weighted by Crippen LogP contribution is 2.35. The molecule has 4 nitrogen and oxygen atoms in total. The third-order valence-electron chi connectivity index (χ3n) is 3.34. The zero-order chi connectivity index (χ0) is 15.0. The predicted octanol–water partition coefficient (Wildman–Crippen LogP) is 3.26. The number of rotatable bonds is 3. The largest absolute Gasteiger partial charge is 0.318 e. The lowest BCUT2D eigenvalue weighted by molar-refractivity contribution is -0.116. The van der Waals surface area contributed by atoms with Gasteiger partial charge in [0.1, 0.15) is 0 Å². The van der Waals surface area contributed by atoms with Crippen LogP contribution in [0.2, 0.25) is 0 Å². The van der Waals surface area contributed by atoms with Crippen LogP contribution in [0.5, 0.6) is 0 Å². The molecule has 1 amide bonds. The molecule has 1 N–H and O–H groups in total. The summed E-state index contributed by atoms with van der Waals surface area (Å²) < 4.78 is 0. The van der Waals surface area contributed by atoms with Crippen molar-refractivity contribution in [2.24, 2.45) is 0 Å². The van der Waals surface area contributed by atoms with Crippen LogP contribution in [0.4, 0.5) is 5.00 Å². The zero-order valence-electron chi connectivity index (χ0n) is 11.4. The number of amides is 1. The van der Waals surface area contributed by atoms with Crippen LogP contribution in [0.15, 0.2) is 30.3 Å². The maximum absolute atomic E-state index is 12.4. The molecule has 0 saturated heterocycles. The van der Waals surface area contributed by atoms with Crippen molar-refractivity contribution in [2.45, 2.75) is 19.8 Å². The number of carbonyl (C=O) groups excluding carboxylic acids is 3.